The van der Waals surface area contributed by atoms with Crippen LogP contribution in [0.2, 0.25) is 5.02 Å². The van der Waals surface area contributed by atoms with Crippen molar-refractivity contribution in [1.29, 1.82) is 0 Å². The summed E-state index contributed by atoms with van der Waals surface area (Å²) >= 11 is 5.79. The molecule has 0 radical (unpaired) electrons. The van der Waals surface area contributed by atoms with Crippen molar-refractivity contribution in [1.82, 2.24) is 10.2 Å². The summed E-state index contributed by atoms with van der Waals surface area (Å²) in [6.45, 7) is 3.35. The fraction of sp³-hybridized carbons (Fsp3) is 0.320. The summed E-state index contributed by atoms with van der Waals surface area (Å²) in [7, 11) is 1.71. The van der Waals surface area contributed by atoms with Gasteiger partial charge in [-0.15, -0.1) is 0 Å². The van der Waals surface area contributed by atoms with E-state index in [1.807, 2.05) is 0 Å². The van der Waals surface area contributed by atoms with Crippen molar-refractivity contribution in [3.8, 4) is 0 Å². The van der Waals surface area contributed by atoms with Crippen molar-refractivity contribution in [2.45, 2.75) is 32.0 Å². The van der Waals surface area contributed by atoms with E-state index in [0.29, 0.717) is 12.2 Å². The molecular weight excluding hydrogens is 415 g/mol. The van der Waals surface area contributed by atoms with Crippen LogP contribution in [0.25, 0.3) is 10.8 Å². The quantitative estimate of drug-likeness (QED) is 0.574. The van der Waals surface area contributed by atoms with Gasteiger partial charge in [-0.25, -0.2) is 4.39 Å². The molecule has 3 aromatic carbocycles. The summed E-state index contributed by atoms with van der Waals surface area (Å²) < 4.78 is 18.5. The second kappa shape index (κ2) is 9.77. The minimum atomic E-state index is -0.518. The highest BCUT2D eigenvalue weighted by molar-refractivity contribution is 6.31. The van der Waals surface area contributed by atoms with Gasteiger partial charge in [0, 0.05) is 38.3 Å². The highest BCUT2D eigenvalue weighted by atomic mass is 35.5. The maximum absolute atomic E-state index is 13.3. The lowest BCUT2D eigenvalue weighted by Crippen LogP contribution is -2.44. The Kier molecular flexibility index (Phi) is 6.86. The smallest absolute Gasteiger partial charge is 0.251 e. The maximum Gasteiger partial charge on any atom is 0.251 e. The van der Waals surface area contributed by atoms with E-state index in [-0.39, 0.29) is 17.0 Å². The molecule has 1 aliphatic heterocycles. The largest absolute Gasteiger partial charge is 0.380 e. The second-order valence-corrected chi connectivity index (χ2v) is 8.51. The molecule has 0 unspecified atom stereocenters. The fourth-order valence-corrected chi connectivity index (χ4v) is 4.28. The molecular formula is C25H26ClFN2O2. The highest BCUT2D eigenvalue weighted by Crippen LogP contribution is 2.21. The maximum atomic E-state index is 13.3. The second-order valence-electron chi connectivity index (χ2n) is 8.10. The molecule has 31 heavy (non-hydrogen) atoms. The van der Waals surface area contributed by atoms with Crippen LogP contribution in [0.1, 0.15) is 34.3 Å². The minimum Gasteiger partial charge on any atom is -0.380 e. The van der Waals surface area contributed by atoms with Crippen LogP contribution in [0.5, 0.6) is 0 Å². The molecule has 0 aliphatic carbocycles. The van der Waals surface area contributed by atoms with Crippen molar-refractivity contribution < 1.29 is 13.9 Å². The normalized spacial score (nSPS) is 15.3. The lowest BCUT2D eigenvalue weighted by molar-refractivity contribution is 0.0909. The molecule has 1 N–H and O–H groups in total. The molecule has 1 amide bonds. The Bertz CT molecular complexity index is 1080. The van der Waals surface area contributed by atoms with Crippen LogP contribution < -0.4 is 5.32 Å². The van der Waals surface area contributed by atoms with E-state index in [0.717, 1.165) is 32.5 Å². The molecule has 1 fully saturated rings. The van der Waals surface area contributed by atoms with E-state index < -0.39 is 5.82 Å². The summed E-state index contributed by atoms with van der Waals surface area (Å²) in [6.07, 6.45) is 1.77. The summed E-state index contributed by atoms with van der Waals surface area (Å²) in [5, 5.41) is 5.47. The summed E-state index contributed by atoms with van der Waals surface area (Å²) in [6, 6.07) is 17.2. The Morgan fingerprint density at radius 3 is 2.42 bits per heavy atom. The molecule has 1 heterocycles. The Balaban J connectivity index is 1.31. The first kappa shape index (κ1) is 21.8. The Hall–Kier alpha value is -2.47. The molecule has 1 aliphatic rings. The topological polar surface area (TPSA) is 41.6 Å². The monoisotopic (exact) mass is 440 g/mol. The third-order valence-corrected chi connectivity index (χ3v) is 6.08. The van der Waals surface area contributed by atoms with Gasteiger partial charge in [-0.05, 0) is 65.1 Å². The number of hydrogen-bond donors (Lipinski definition) is 1. The van der Waals surface area contributed by atoms with Gasteiger partial charge >= 0.3 is 0 Å². The predicted octanol–water partition coefficient (Wildman–Crippen LogP) is 5.17. The van der Waals surface area contributed by atoms with E-state index in [9.17, 15) is 9.18 Å². The van der Waals surface area contributed by atoms with Crippen LogP contribution in [0.4, 0.5) is 4.39 Å². The number of hydrogen-bond acceptors (Lipinski definition) is 3. The number of fused-ring (bicyclic) bond motifs is 1. The van der Waals surface area contributed by atoms with Gasteiger partial charge in [0.25, 0.3) is 5.91 Å². The van der Waals surface area contributed by atoms with Gasteiger partial charge in [0.1, 0.15) is 5.82 Å². The first-order chi connectivity index (χ1) is 15.0. The molecule has 3 aromatic rings. The van der Waals surface area contributed by atoms with Crippen LogP contribution in [-0.4, -0.2) is 37.0 Å². The Morgan fingerprint density at radius 1 is 1.06 bits per heavy atom. The zero-order valence-corrected chi connectivity index (χ0v) is 18.3. The van der Waals surface area contributed by atoms with Crippen molar-refractivity contribution in [2.75, 3.05) is 20.2 Å². The number of likely N-dealkylation sites (tertiary alicyclic amines) is 1. The molecule has 4 rings (SSSR count). The molecule has 6 heteroatoms. The van der Waals surface area contributed by atoms with Gasteiger partial charge in [-0.1, -0.05) is 35.9 Å². The minimum absolute atomic E-state index is 0.0345. The number of carbonyl (C=O) groups is 1. The first-order valence-electron chi connectivity index (χ1n) is 10.5. The van der Waals surface area contributed by atoms with Gasteiger partial charge in [0.15, 0.2) is 0 Å². The van der Waals surface area contributed by atoms with Crippen LogP contribution in [0, 0.1) is 5.82 Å². The number of halogens is 2. The number of benzene rings is 3. The van der Waals surface area contributed by atoms with E-state index in [1.165, 1.54) is 40.1 Å². The number of ether oxygens (including phenoxy) is 1. The molecule has 162 valence electrons. The summed E-state index contributed by atoms with van der Waals surface area (Å²) in [4.78, 5) is 14.8. The molecule has 0 bridgehead atoms. The number of nitrogens with zero attached hydrogens (tertiary/aromatic N) is 1. The summed E-state index contributed by atoms with van der Waals surface area (Å²) in [5.74, 6) is -0.724. The van der Waals surface area contributed by atoms with Crippen LogP contribution >= 0.6 is 11.6 Å². The van der Waals surface area contributed by atoms with Gasteiger partial charge in [-0.2, -0.15) is 0 Å². The van der Waals surface area contributed by atoms with Crippen molar-refractivity contribution in [3.05, 3.63) is 82.1 Å². The highest BCUT2D eigenvalue weighted by Gasteiger charge is 2.21. The number of nitrogens with one attached hydrogen (secondary N) is 1. The van der Waals surface area contributed by atoms with Crippen LogP contribution in [-0.2, 0) is 17.9 Å². The van der Waals surface area contributed by atoms with E-state index >= 15 is 0 Å². The average Bonchev–Trinajstić information content (AvgIpc) is 2.77. The van der Waals surface area contributed by atoms with E-state index in [1.54, 1.807) is 7.11 Å². The third kappa shape index (κ3) is 5.42. The Labute approximate surface area is 187 Å². The predicted molar refractivity (Wildman–Crippen MR) is 122 cm³/mol. The third-order valence-electron chi connectivity index (χ3n) is 5.79. The number of piperidine rings is 1. The van der Waals surface area contributed by atoms with Crippen LogP contribution in [0.3, 0.4) is 0 Å². The fourth-order valence-electron chi connectivity index (χ4n) is 4.10. The van der Waals surface area contributed by atoms with Gasteiger partial charge < -0.3 is 10.1 Å². The SMILES string of the molecule is COCc1ccc2cc(CN3CCC(NC(=O)c4ccc(F)c(Cl)c4)CC3)ccc2c1. The zero-order chi connectivity index (χ0) is 21.8. The van der Waals surface area contributed by atoms with Gasteiger partial charge in [0.05, 0.1) is 11.6 Å². The van der Waals surface area contributed by atoms with Crippen molar-refractivity contribution in [3.63, 3.8) is 0 Å². The number of methoxy groups -OCH3 is 1. The molecule has 0 aromatic heterocycles. The standard InChI is InChI=1S/C25H26ClFN2O2/c1-31-16-18-3-5-19-12-17(2-4-20(19)13-18)15-29-10-8-22(9-11-29)28-25(30)21-6-7-24(27)23(26)14-21/h2-7,12-14,22H,8-11,15-16H2,1H3,(H,28,30). The molecule has 0 atom stereocenters. The van der Waals surface area contributed by atoms with E-state index in [4.69, 9.17) is 16.3 Å². The van der Waals surface area contributed by atoms with Crippen molar-refractivity contribution in [2.24, 2.45) is 0 Å². The van der Waals surface area contributed by atoms with Gasteiger partial charge in [0.2, 0.25) is 0 Å². The Morgan fingerprint density at radius 2 is 1.74 bits per heavy atom. The zero-order valence-electron chi connectivity index (χ0n) is 17.5. The number of carbonyl (C=O) groups excluding carboxylic acids is 1. The summed E-state index contributed by atoms with van der Waals surface area (Å²) in [5.41, 5.74) is 2.85. The van der Waals surface area contributed by atoms with Gasteiger partial charge in [-0.3, -0.25) is 9.69 Å². The number of amides is 1. The molecule has 4 nitrogen and oxygen atoms in total. The molecule has 1 saturated heterocycles. The first-order valence-corrected chi connectivity index (χ1v) is 10.9. The van der Waals surface area contributed by atoms with Crippen molar-refractivity contribution >= 4 is 28.3 Å². The number of rotatable bonds is 6. The molecule has 0 spiro atoms. The lowest BCUT2D eigenvalue weighted by atomic mass is 10.0. The average molecular weight is 441 g/mol. The molecule has 0 saturated carbocycles. The lowest BCUT2D eigenvalue weighted by Gasteiger charge is -2.32. The van der Waals surface area contributed by atoms with E-state index in [2.05, 4.69) is 46.6 Å². The van der Waals surface area contributed by atoms with Crippen LogP contribution in [0.15, 0.2) is 54.6 Å².